The minimum absolute atomic E-state index is 0.108. The highest BCUT2D eigenvalue weighted by atomic mass is 16.5. The molecule has 1 saturated heterocycles. The lowest BCUT2D eigenvalue weighted by Crippen LogP contribution is -2.30. The predicted octanol–water partition coefficient (Wildman–Crippen LogP) is 2.55. The van der Waals surface area contributed by atoms with E-state index in [9.17, 15) is 0 Å². The monoisotopic (exact) mass is 479 g/mol. The lowest BCUT2D eigenvalue weighted by atomic mass is 9.86. The second kappa shape index (κ2) is 10.7. The molecule has 5 rings (SSSR count). The van der Waals surface area contributed by atoms with Crippen LogP contribution in [0.25, 0.3) is 0 Å². The summed E-state index contributed by atoms with van der Waals surface area (Å²) in [7, 11) is 3.48. The van der Waals surface area contributed by atoms with E-state index in [1.807, 2.05) is 11.6 Å². The summed E-state index contributed by atoms with van der Waals surface area (Å²) in [5.41, 5.74) is 5.37. The van der Waals surface area contributed by atoms with Crippen molar-refractivity contribution in [2.45, 2.75) is 57.5 Å². The molecule has 1 fully saturated rings. The van der Waals surface area contributed by atoms with Crippen LogP contribution in [-0.4, -0.2) is 64.2 Å². The average molecular weight is 480 g/mol. The van der Waals surface area contributed by atoms with E-state index in [0.717, 1.165) is 72.8 Å². The summed E-state index contributed by atoms with van der Waals surface area (Å²) in [4.78, 5) is 8.87. The lowest BCUT2D eigenvalue weighted by molar-refractivity contribution is 0.183. The first-order valence-electron chi connectivity index (χ1n) is 12.3. The van der Waals surface area contributed by atoms with Crippen molar-refractivity contribution in [3.63, 3.8) is 0 Å². The van der Waals surface area contributed by atoms with Gasteiger partial charge >= 0.3 is 0 Å². The van der Waals surface area contributed by atoms with Crippen LogP contribution in [0.1, 0.15) is 65.2 Å². The van der Waals surface area contributed by atoms with Crippen LogP contribution in [0.15, 0.2) is 18.5 Å². The van der Waals surface area contributed by atoms with E-state index in [2.05, 4.69) is 36.9 Å². The zero-order valence-electron chi connectivity index (χ0n) is 20.7. The SMILES string of the molecule is COc1cc(C(NCCc2nccnc2C)c2nnnn2C2CCOC2)c(OC)c2c1CCCC2. The first-order valence-corrected chi connectivity index (χ1v) is 12.3. The highest BCUT2D eigenvalue weighted by molar-refractivity contribution is 5.56. The number of nitrogens with one attached hydrogen (secondary N) is 1. The van der Waals surface area contributed by atoms with Crippen LogP contribution in [0.3, 0.4) is 0 Å². The number of fused-ring (bicyclic) bond motifs is 1. The molecule has 0 spiro atoms. The van der Waals surface area contributed by atoms with Crippen LogP contribution < -0.4 is 14.8 Å². The molecule has 3 heterocycles. The van der Waals surface area contributed by atoms with Crippen molar-refractivity contribution in [1.82, 2.24) is 35.5 Å². The molecule has 1 aliphatic carbocycles. The predicted molar refractivity (Wildman–Crippen MR) is 129 cm³/mol. The quantitative estimate of drug-likeness (QED) is 0.495. The fraction of sp³-hybridized carbons (Fsp3) is 0.560. The number of hydrogen-bond donors (Lipinski definition) is 1. The molecule has 0 saturated carbocycles. The molecule has 2 unspecified atom stereocenters. The Morgan fingerprint density at radius 2 is 1.97 bits per heavy atom. The molecule has 0 radical (unpaired) electrons. The van der Waals surface area contributed by atoms with Crippen LogP contribution in [0.4, 0.5) is 0 Å². The van der Waals surface area contributed by atoms with Crippen LogP contribution in [0, 0.1) is 6.92 Å². The number of benzene rings is 1. The molecular formula is C25H33N7O3. The average Bonchev–Trinajstić information content (AvgIpc) is 3.59. The van der Waals surface area contributed by atoms with Gasteiger partial charge in [-0.15, -0.1) is 5.10 Å². The van der Waals surface area contributed by atoms with Crippen molar-refractivity contribution in [2.75, 3.05) is 34.0 Å². The second-order valence-corrected chi connectivity index (χ2v) is 9.09. The van der Waals surface area contributed by atoms with Gasteiger partial charge in [0.2, 0.25) is 0 Å². The molecule has 2 aliphatic rings. The molecule has 0 amide bonds. The third-order valence-corrected chi connectivity index (χ3v) is 7.04. The Kier molecular flexibility index (Phi) is 7.19. The highest BCUT2D eigenvalue weighted by Crippen LogP contribution is 2.42. The molecule has 1 N–H and O–H groups in total. The minimum Gasteiger partial charge on any atom is -0.496 e. The van der Waals surface area contributed by atoms with Gasteiger partial charge < -0.3 is 19.5 Å². The number of tetrazole rings is 1. The van der Waals surface area contributed by atoms with Crippen molar-refractivity contribution >= 4 is 0 Å². The van der Waals surface area contributed by atoms with Gasteiger partial charge in [0.1, 0.15) is 11.5 Å². The van der Waals surface area contributed by atoms with Crippen LogP contribution in [0.5, 0.6) is 11.5 Å². The zero-order valence-corrected chi connectivity index (χ0v) is 20.7. The van der Waals surface area contributed by atoms with Crippen LogP contribution in [0.2, 0.25) is 0 Å². The van der Waals surface area contributed by atoms with Gasteiger partial charge in [-0.3, -0.25) is 9.97 Å². The molecule has 10 nitrogen and oxygen atoms in total. The lowest BCUT2D eigenvalue weighted by Gasteiger charge is -2.28. The topological polar surface area (TPSA) is 109 Å². The van der Waals surface area contributed by atoms with Crippen molar-refractivity contribution < 1.29 is 14.2 Å². The van der Waals surface area contributed by atoms with Crippen molar-refractivity contribution in [2.24, 2.45) is 0 Å². The Morgan fingerprint density at radius 1 is 1.14 bits per heavy atom. The zero-order chi connectivity index (χ0) is 24.2. The Hall–Kier alpha value is -3.11. The molecule has 3 aromatic rings. The van der Waals surface area contributed by atoms with Crippen LogP contribution in [-0.2, 0) is 24.0 Å². The maximum absolute atomic E-state index is 6.05. The van der Waals surface area contributed by atoms with Gasteiger partial charge in [0.05, 0.1) is 44.3 Å². The standard InChI is InChI=1S/C25H33N7O3/c1-16-21(27-12-11-26-16)8-10-28-23(25-29-30-31-32(25)17-9-13-35-15-17)20-14-22(33-2)18-6-4-5-7-19(18)24(20)34-3/h11-12,14,17,23,28H,4-10,13,15H2,1-3H3. The van der Waals surface area contributed by atoms with Gasteiger partial charge in [0.15, 0.2) is 5.82 Å². The Balaban J connectivity index is 1.55. The molecule has 35 heavy (non-hydrogen) atoms. The van der Waals surface area contributed by atoms with E-state index >= 15 is 0 Å². The summed E-state index contributed by atoms with van der Waals surface area (Å²) < 4.78 is 19.4. The van der Waals surface area contributed by atoms with E-state index in [4.69, 9.17) is 14.2 Å². The van der Waals surface area contributed by atoms with Gasteiger partial charge in [-0.1, -0.05) is 0 Å². The number of hydrogen-bond acceptors (Lipinski definition) is 9. The summed E-state index contributed by atoms with van der Waals surface area (Å²) in [5.74, 6) is 2.54. The first kappa shape index (κ1) is 23.6. The summed E-state index contributed by atoms with van der Waals surface area (Å²) >= 11 is 0. The Labute approximate surface area is 205 Å². The van der Waals surface area contributed by atoms with Crippen LogP contribution >= 0.6 is 0 Å². The largest absolute Gasteiger partial charge is 0.496 e. The smallest absolute Gasteiger partial charge is 0.173 e. The van der Waals surface area contributed by atoms with E-state index < -0.39 is 0 Å². The fourth-order valence-corrected chi connectivity index (χ4v) is 5.26. The third-order valence-electron chi connectivity index (χ3n) is 7.04. The number of rotatable bonds is 9. The molecule has 10 heteroatoms. The number of nitrogens with zero attached hydrogens (tertiary/aromatic N) is 6. The maximum Gasteiger partial charge on any atom is 0.173 e. The van der Waals surface area contributed by atoms with Crippen molar-refractivity contribution in [1.29, 1.82) is 0 Å². The third kappa shape index (κ3) is 4.72. The van der Waals surface area contributed by atoms with Gasteiger partial charge in [-0.25, -0.2) is 4.68 Å². The number of ether oxygens (including phenoxy) is 3. The summed E-state index contributed by atoms with van der Waals surface area (Å²) in [6, 6.07) is 1.91. The van der Waals surface area contributed by atoms with Crippen molar-refractivity contribution in [3.05, 3.63) is 52.4 Å². The highest BCUT2D eigenvalue weighted by Gasteiger charge is 2.32. The molecule has 1 aromatic carbocycles. The molecule has 1 aliphatic heterocycles. The fourth-order valence-electron chi connectivity index (χ4n) is 5.26. The van der Waals surface area contributed by atoms with Gasteiger partial charge in [0, 0.05) is 48.7 Å². The van der Waals surface area contributed by atoms with Crippen molar-refractivity contribution in [3.8, 4) is 11.5 Å². The van der Waals surface area contributed by atoms with E-state index in [1.54, 1.807) is 26.6 Å². The van der Waals surface area contributed by atoms with E-state index in [0.29, 0.717) is 19.8 Å². The van der Waals surface area contributed by atoms with Gasteiger partial charge in [0.25, 0.3) is 0 Å². The molecule has 2 aromatic heterocycles. The Bertz CT molecular complexity index is 1160. The summed E-state index contributed by atoms with van der Waals surface area (Å²) in [5, 5.41) is 16.6. The normalized spacial score (nSPS) is 18.3. The maximum atomic E-state index is 6.05. The first-order chi connectivity index (χ1) is 17.2. The molecule has 0 bridgehead atoms. The van der Waals surface area contributed by atoms with E-state index in [1.165, 1.54) is 11.1 Å². The van der Waals surface area contributed by atoms with Gasteiger partial charge in [-0.05, 0) is 55.5 Å². The van der Waals surface area contributed by atoms with E-state index in [-0.39, 0.29) is 12.1 Å². The molecule has 2 atom stereocenters. The Morgan fingerprint density at radius 3 is 2.71 bits per heavy atom. The number of aromatic nitrogens is 6. The summed E-state index contributed by atoms with van der Waals surface area (Å²) in [6.45, 7) is 3.97. The second-order valence-electron chi connectivity index (χ2n) is 9.09. The van der Waals surface area contributed by atoms with Gasteiger partial charge in [-0.2, -0.15) is 0 Å². The molecule has 186 valence electrons. The number of aryl methyl sites for hydroxylation is 1. The minimum atomic E-state index is -0.293. The molecular weight excluding hydrogens is 446 g/mol. The number of methoxy groups -OCH3 is 2. The summed E-state index contributed by atoms with van der Waals surface area (Å²) in [6.07, 6.45) is 9.33.